The third kappa shape index (κ3) is 4.94. The van der Waals surface area contributed by atoms with Crippen LogP contribution < -0.4 is 5.73 Å². The standard InChI is InChI=1S/C17H25N3O3S.ClH/c18-16-7-6-15(12-16)17(21)19-8-10-20(11-9-19)24(22,23)13-14-4-2-1-3-5-14;/h1-5,15-16H,6-13,18H2;1H. The van der Waals surface area contributed by atoms with Gasteiger partial charge in [0.25, 0.3) is 0 Å². The molecule has 140 valence electrons. The molecule has 1 aliphatic carbocycles. The lowest BCUT2D eigenvalue weighted by Crippen LogP contribution is -2.52. The molecule has 0 bridgehead atoms. The maximum Gasteiger partial charge on any atom is 0.225 e. The maximum absolute atomic E-state index is 12.5. The number of piperazine rings is 1. The van der Waals surface area contributed by atoms with E-state index >= 15 is 0 Å². The summed E-state index contributed by atoms with van der Waals surface area (Å²) < 4.78 is 26.6. The molecule has 0 spiro atoms. The van der Waals surface area contributed by atoms with E-state index in [0.29, 0.717) is 26.2 Å². The van der Waals surface area contributed by atoms with Crippen molar-refractivity contribution >= 4 is 28.3 Å². The fourth-order valence-electron chi connectivity index (χ4n) is 3.56. The van der Waals surface area contributed by atoms with Crippen LogP contribution in [-0.2, 0) is 20.6 Å². The third-order valence-corrected chi connectivity index (χ3v) is 6.81. The lowest BCUT2D eigenvalue weighted by Gasteiger charge is -2.35. The zero-order chi connectivity index (χ0) is 17.2. The van der Waals surface area contributed by atoms with Gasteiger partial charge < -0.3 is 10.6 Å². The van der Waals surface area contributed by atoms with E-state index in [1.807, 2.05) is 30.3 Å². The molecule has 1 heterocycles. The van der Waals surface area contributed by atoms with Crippen LogP contribution in [0.1, 0.15) is 24.8 Å². The van der Waals surface area contributed by atoms with Crippen molar-refractivity contribution in [3.05, 3.63) is 35.9 Å². The van der Waals surface area contributed by atoms with Crippen molar-refractivity contribution < 1.29 is 13.2 Å². The first kappa shape index (κ1) is 20.2. The van der Waals surface area contributed by atoms with Crippen molar-refractivity contribution in [3.63, 3.8) is 0 Å². The summed E-state index contributed by atoms with van der Waals surface area (Å²) in [5.74, 6) is 0.176. The Hall–Kier alpha value is -1.15. The van der Waals surface area contributed by atoms with E-state index < -0.39 is 10.0 Å². The number of carbonyl (C=O) groups excluding carboxylic acids is 1. The van der Waals surface area contributed by atoms with E-state index in [0.717, 1.165) is 24.8 Å². The van der Waals surface area contributed by atoms with Crippen LogP contribution in [0.5, 0.6) is 0 Å². The van der Waals surface area contributed by atoms with E-state index in [9.17, 15) is 13.2 Å². The molecule has 0 radical (unpaired) electrons. The van der Waals surface area contributed by atoms with E-state index in [-0.39, 0.29) is 36.0 Å². The summed E-state index contributed by atoms with van der Waals surface area (Å²) in [5, 5.41) is 0. The highest BCUT2D eigenvalue weighted by Gasteiger charge is 2.34. The lowest BCUT2D eigenvalue weighted by atomic mass is 10.1. The third-order valence-electron chi connectivity index (χ3n) is 4.96. The van der Waals surface area contributed by atoms with Crippen LogP contribution in [0, 0.1) is 5.92 Å². The zero-order valence-corrected chi connectivity index (χ0v) is 15.8. The first-order chi connectivity index (χ1) is 11.5. The molecule has 0 aromatic heterocycles. The average molecular weight is 388 g/mol. The second-order valence-electron chi connectivity index (χ2n) is 6.74. The molecule has 1 aromatic rings. The minimum absolute atomic E-state index is 0. The summed E-state index contributed by atoms with van der Waals surface area (Å²) >= 11 is 0. The van der Waals surface area contributed by atoms with Gasteiger partial charge in [-0.1, -0.05) is 30.3 Å². The highest BCUT2D eigenvalue weighted by molar-refractivity contribution is 7.88. The predicted octanol–water partition coefficient (Wildman–Crippen LogP) is 1.21. The molecule has 2 fully saturated rings. The number of nitrogens with zero attached hydrogens (tertiary/aromatic N) is 2. The van der Waals surface area contributed by atoms with Gasteiger partial charge in [-0.05, 0) is 24.8 Å². The number of sulfonamides is 1. The molecule has 1 amide bonds. The van der Waals surface area contributed by atoms with Gasteiger partial charge in [-0.25, -0.2) is 8.42 Å². The van der Waals surface area contributed by atoms with Crippen molar-refractivity contribution in [2.24, 2.45) is 11.7 Å². The Morgan fingerprint density at radius 2 is 1.72 bits per heavy atom. The molecule has 8 heteroatoms. The number of halogens is 1. The number of carbonyl (C=O) groups is 1. The highest BCUT2D eigenvalue weighted by atomic mass is 35.5. The molecule has 2 unspecified atom stereocenters. The molecular formula is C17H26ClN3O3S. The normalized spacial score (nSPS) is 24.8. The number of hydrogen-bond acceptors (Lipinski definition) is 4. The van der Waals surface area contributed by atoms with Gasteiger partial charge in [-0.3, -0.25) is 4.79 Å². The first-order valence-electron chi connectivity index (χ1n) is 8.52. The summed E-state index contributed by atoms with van der Waals surface area (Å²) in [6.45, 7) is 1.69. The van der Waals surface area contributed by atoms with Gasteiger partial charge in [0, 0.05) is 38.1 Å². The Morgan fingerprint density at radius 1 is 1.08 bits per heavy atom. The van der Waals surface area contributed by atoms with Gasteiger partial charge in [-0.15, -0.1) is 12.4 Å². The fourth-order valence-corrected chi connectivity index (χ4v) is 5.08. The van der Waals surface area contributed by atoms with Crippen molar-refractivity contribution in [1.29, 1.82) is 0 Å². The topological polar surface area (TPSA) is 83.7 Å². The largest absolute Gasteiger partial charge is 0.340 e. The maximum atomic E-state index is 12.5. The summed E-state index contributed by atoms with van der Waals surface area (Å²) in [4.78, 5) is 14.3. The van der Waals surface area contributed by atoms with Crippen LogP contribution in [-0.4, -0.2) is 55.8 Å². The van der Waals surface area contributed by atoms with Gasteiger partial charge in [0.15, 0.2) is 0 Å². The summed E-state index contributed by atoms with van der Waals surface area (Å²) in [6.07, 6.45) is 2.51. The second kappa shape index (κ2) is 8.49. The molecule has 2 atom stereocenters. The molecule has 2 aliphatic rings. The molecule has 3 rings (SSSR count). The molecule has 1 saturated heterocycles. The number of benzene rings is 1. The van der Waals surface area contributed by atoms with Crippen molar-refractivity contribution in [1.82, 2.24) is 9.21 Å². The lowest BCUT2D eigenvalue weighted by molar-refractivity contribution is -0.136. The Morgan fingerprint density at radius 3 is 2.28 bits per heavy atom. The molecule has 1 saturated carbocycles. The van der Waals surface area contributed by atoms with Crippen molar-refractivity contribution in [2.75, 3.05) is 26.2 Å². The van der Waals surface area contributed by atoms with Crippen molar-refractivity contribution in [2.45, 2.75) is 31.1 Å². The van der Waals surface area contributed by atoms with Crippen LogP contribution in [0.4, 0.5) is 0 Å². The van der Waals surface area contributed by atoms with Gasteiger partial charge in [0.2, 0.25) is 15.9 Å². The number of amides is 1. The highest BCUT2D eigenvalue weighted by Crippen LogP contribution is 2.26. The van der Waals surface area contributed by atoms with Crippen LogP contribution >= 0.6 is 12.4 Å². The Balaban J connectivity index is 0.00000225. The number of rotatable bonds is 4. The fraction of sp³-hybridized carbons (Fsp3) is 0.588. The van der Waals surface area contributed by atoms with Gasteiger partial charge in [-0.2, -0.15) is 4.31 Å². The van der Waals surface area contributed by atoms with Gasteiger partial charge >= 0.3 is 0 Å². The van der Waals surface area contributed by atoms with Crippen molar-refractivity contribution in [3.8, 4) is 0 Å². The summed E-state index contributed by atoms with van der Waals surface area (Å²) in [6, 6.07) is 9.32. The Labute approximate surface area is 155 Å². The van der Waals surface area contributed by atoms with E-state index in [2.05, 4.69) is 0 Å². The van der Waals surface area contributed by atoms with Crippen LogP contribution in [0.15, 0.2) is 30.3 Å². The Kier molecular flexibility index (Phi) is 6.85. The average Bonchev–Trinajstić information content (AvgIpc) is 3.01. The zero-order valence-electron chi connectivity index (χ0n) is 14.2. The first-order valence-corrected chi connectivity index (χ1v) is 10.1. The van der Waals surface area contributed by atoms with Gasteiger partial charge in [0.1, 0.15) is 0 Å². The molecule has 1 aliphatic heterocycles. The van der Waals surface area contributed by atoms with E-state index in [4.69, 9.17) is 5.73 Å². The van der Waals surface area contributed by atoms with Crippen LogP contribution in [0.3, 0.4) is 0 Å². The molecule has 25 heavy (non-hydrogen) atoms. The SMILES string of the molecule is Cl.NC1CCC(C(=O)N2CCN(S(=O)(=O)Cc3ccccc3)CC2)C1. The molecule has 1 aromatic carbocycles. The minimum Gasteiger partial charge on any atom is -0.340 e. The molecule has 2 N–H and O–H groups in total. The molecular weight excluding hydrogens is 362 g/mol. The van der Waals surface area contributed by atoms with E-state index in [1.54, 1.807) is 4.90 Å². The second-order valence-corrected chi connectivity index (χ2v) is 8.71. The summed E-state index contributed by atoms with van der Waals surface area (Å²) in [7, 11) is -3.34. The summed E-state index contributed by atoms with van der Waals surface area (Å²) in [5.41, 5.74) is 6.67. The predicted molar refractivity (Wildman–Crippen MR) is 99.8 cm³/mol. The smallest absolute Gasteiger partial charge is 0.225 e. The Bertz CT molecular complexity index is 676. The van der Waals surface area contributed by atoms with Crippen LogP contribution in [0.25, 0.3) is 0 Å². The van der Waals surface area contributed by atoms with Gasteiger partial charge in [0.05, 0.1) is 5.75 Å². The quantitative estimate of drug-likeness (QED) is 0.841. The minimum atomic E-state index is -3.34. The van der Waals surface area contributed by atoms with E-state index in [1.165, 1.54) is 4.31 Å². The van der Waals surface area contributed by atoms with Crippen LogP contribution in [0.2, 0.25) is 0 Å². The number of hydrogen-bond donors (Lipinski definition) is 1. The monoisotopic (exact) mass is 387 g/mol. The number of nitrogens with two attached hydrogens (primary N) is 1. The molecule has 6 nitrogen and oxygen atoms in total.